The smallest absolute Gasteiger partial charge is 0.0488 e. The normalized spacial score (nSPS) is 13.8. The van der Waals surface area contributed by atoms with Gasteiger partial charge >= 0.3 is 0 Å². The molecule has 16 aromatic rings. The maximum absolute atomic E-state index is 2.56. The summed E-state index contributed by atoms with van der Waals surface area (Å²) < 4.78 is 5.03. The predicted molar refractivity (Wildman–Crippen MR) is 384 cm³/mol. The lowest BCUT2D eigenvalue weighted by atomic mass is 9.89. The van der Waals surface area contributed by atoms with E-state index in [9.17, 15) is 0 Å². The highest BCUT2D eigenvalue weighted by Gasteiger charge is 2.34. The molecule has 422 valence electrons. The van der Waals surface area contributed by atoms with Crippen molar-refractivity contribution in [3.8, 4) is 55.6 Å². The predicted octanol–water partition coefficient (Wildman–Crippen LogP) is 24.7. The molecule has 2 aliphatic carbocycles. The van der Waals surface area contributed by atoms with Crippen LogP contribution in [0.4, 0.5) is 34.1 Å². The highest BCUT2D eigenvalue weighted by Crippen LogP contribution is 2.55. The van der Waals surface area contributed by atoms with Crippen LogP contribution in [-0.4, -0.2) is 0 Å². The van der Waals surface area contributed by atoms with Gasteiger partial charge in [-0.3, -0.25) is 0 Å². The molecular weight excluding hydrogens is 1130 g/mol. The summed E-state index contributed by atoms with van der Waals surface area (Å²) in [5.41, 5.74) is 26.4. The van der Waals surface area contributed by atoms with Gasteiger partial charge in [-0.05, 0) is 168 Å². The molecule has 0 bridgehead atoms. The third kappa shape index (κ3) is 8.66. The molecule has 2 aliphatic rings. The second-order valence-corrected chi connectivity index (χ2v) is 26.0. The van der Waals surface area contributed by atoms with Crippen LogP contribution >= 0.6 is 22.7 Å². The zero-order valence-electron chi connectivity index (χ0n) is 49.0. The van der Waals surface area contributed by atoms with E-state index in [0.29, 0.717) is 0 Å². The van der Waals surface area contributed by atoms with Gasteiger partial charge in [-0.15, -0.1) is 22.7 Å². The minimum absolute atomic E-state index is 0.0548. The van der Waals surface area contributed by atoms with Gasteiger partial charge in [0.1, 0.15) is 0 Å². The lowest BCUT2D eigenvalue weighted by Crippen LogP contribution is -2.14. The summed E-state index contributed by atoms with van der Waals surface area (Å²) in [7, 11) is 0. The largest absolute Gasteiger partial charge is 0.310 e. The van der Waals surface area contributed by atoms with E-state index in [0.717, 1.165) is 45.3 Å². The Labute approximate surface area is 531 Å². The molecule has 0 aliphatic heterocycles. The molecule has 0 spiro atoms. The molecule has 90 heavy (non-hydrogen) atoms. The van der Waals surface area contributed by atoms with Crippen LogP contribution in [0.3, 0.4) is 0 Å². The molecule has 2 heterocycles. The molecule has 4 heteroatoms. The van der Waals surface area contributed by atoms with Crippen LogP contribution in [0, 0.1) is 0 Å². The molecule has 2 atom stereocenters. The second kappa shape index (κ2) is 21.5. The Balaban J connectivity index is 0.937. The van der Waals surface area contributed by atoms with Gasteiger partial charge in [0, 0.05) is 86.3 Å². The number of thiophene rings is 2. The molecule has 0 N–H and O–H groups in total. The molecule has 2 unspecified atom stereocenters. The summed E-state index contributed by atoms with van der Waals surface area (Å²) in [5, 5.41) is 5.11. The van der Waals surface area contributed by atoms with Crippen molar-refractivity contribution in [2.45, 2.75) is 11.8 Å². The highest BCUT2D eigenvalue weighted by atomic mass is 32.1. The lowest BCUT2D eigenvalue weighted by Gasteiger charge is -2.32. The standard InChI is InChI=1S/C86H56N2S2/c1-6-24-55(25-7-1)60-46-63(87(61-42-44-69-67-34-16-18-36-71(67)83(77(69)49-61)58-30-12-4-13-31-58)65-51-75(56-26-8-2-9-27-56)85-73-38-20-22-40-79(73)89-81(85)53-65)48-64(47-60)88(62-43-45-70-68-35-17-19-37-72(68)84(78(70)50-62)59-32-14-5-15-33-59)66-52-76(57-28-10-3-11-29-57)86-74-39-21-23-41-80(74)90-82(86)54-66/h1-54,83-84H. The second-order valence-electron chi connectivity index (χ2n) is 23.8. The van der Waals surface area contributed by atoms with Gasteiger partial charge in [-0.1, -0.05) is 249 Å². The molecule has 2 aromatic heterocycles. The summed E-state index contributed by atoms with van der Waals surface area (Å²) in [6.07, 6.45) is 0. The van der Waals surface area contributed by atoms with Gasteiger partial charge < -0.3 is 9.80 Å². The van der Waals surface area contributed by atoms with Crippen LogP contribution in [0.5, 0.6) is 0 Å². The summed E-state index contributed by atoms with van der Waals surface area (Å²) in [6.45, 7) is 0. The zero-order valence-corrected chi connectivity index (χ0v) is 50.7. The molecule has 2 nitrogen and oxygen atoms in total. The molecule has 0 radical (unpaired) electrons. The van der Waals surface area contributed by atoms with Gasteiger partial charge in [0.05, 0.1) is 0 Å². The average molecular weight is 1180 g/mol. The van der Waals surface area contributed by atoms with Crippen molar-refractivity contribution in [2.24, 2.45) is 0 Å². The van der Waals surface area contributed by atoms with Gasteiger partial charge in [-0.25, -0.2) is 0 Å². The first-order valence-electron chi connectivity index (χ1n) is 31.0. The molecule has 0 amide bonds. The fourth-order valence-corrected chi connectivity index (χ4v) is 17.2. The van der Waals surface area contributed by atoms with Crippen LogP contribution < -0.4 is 9.80 Å². The maximum Gasteiger partial charge on any atom is 0.0488 e. The zero-order chi connectivity index (χ0) is 59.2. The summed E-state index contributed by atoms with van der Waals surface area (Å²) in [6, 6.07) is 123. The van der Waals surface area contributed by atoms with E-state index in [2.05, 4.69) is 337 Å². The maximum atomic E-state index is 2.56. The minimum Gasteiger partial charge on any atom is -0.310 e. The quantitative estimate of drug-likeness (QED) is 0.127. The van der Waals surface area contributed by atoms with Crippen molar-refractivity contribution >= 4 is 97.1 Å². The van der Waals surface area contributed by atoms with Crippen molar-refractivity contribution in [1.29, 1.82) is 0 Å². The number of hydrogen-bond donors (Lipinski definition) is 0. The van der Waals surface area contributed by atoms with E-state index < -0.39 is 0 Å². The van der Waals surface area contributed by atoms with Crippen LogP contribution in [0.15, 0.2) is 328 Å². The number of nitrogens with zero attached hydrogens (tertiary/aromatic N) is 2. The van der Waals surface area contributed by atoms with Crippen molar-refractivity contribution < 1.29 is 0 Å². The van der Waals surface area contributed by atoms with Gasteiger partial charge in [-0.2, -0.15) is 0 Å². The van der Waals surface area contributed by atoms with E-state index >= 15 is 0 Å². The Morgan fingerprint density at radius 2 is 0.567 bits per heavy atom. The minimum atomic E-state index is 0.0548. The number of benzene rings is 14. The third-order valence-electron chi connectivity index (χ3n) is 18.7. The highest BCUT2D eigenvalue weighted by molar-refractivity contribution is 7.26. The topological polar surface area (TPSA) is 6.48 Å². The van der Waals surface area contributed by atoms with Crippen molar-refractivity contribution in [3.63, 3.8) is 0 Å². The summed E-state index contributed by atoms with van der Waals surface area (Å²) in [5.74, 6) is 0.110. The Kier molecular flexibility index (Phi) is 12.5. The molecule has 14 aromatic carbocycles. The Bertz CT molecular complexity index is 5120. The monoisotopic (exact) mass is 1180 g/mol. The van der Waals surface area contributed by atoms with E-state index in [-0.39, 0.29) is 11.8 Å². The first-order valence-corrected chi connectivity index (χ1v) is 32.7. The van der Waals surface area contributed by atoms with E-state index in [1.54, 1.807) is 0 Å². The Hall–Kier alpha value is -10.9. The third-order valence-corrected chi connectivity index (χ3v) is 21.0. The van der Waals surface area contributed by atoms with Crippen molar-refractivity contribution in [2.75, 3.05) is 9.80 Å². The first-order chi connectivity index (χ1) is 44.6. The fraction of sp³-hybridized carbons (Fsp3) is 0.0233. The number of fused-ring (bicyclic) bond motifs is 12. The fourth-order valence-electron chi connectivity index (χ4n) is 14.9. The lowest BCUT2D eigenvalue weighted by molar-refractivity contribution is 1.01. The van der Waals surface area contributed by atoms with Crippen LogP contribution in [-0.2, 0) is 0 Å². The Morgan fingerprint density at radius 3 is 1.01 bits per heavy atom. The summed E-state index contributed by atoms with van der Waals surface area (Å²) in [4.78, 5) is 5.12. The average Bonchev–Trinajstić information content (AvgIpc) is 1.60. The van der Waals surface area contributed by atoms with Crippen LogP contribution in [0.25, 0.3) is 96.0 Å². The van der Waals surface area contributed by atoms with E-state index in [1.807, 2.05) is 22.7 Å². The van der Waals surface area contributed by atoms with Gasteiger partial charge in [0.2, 0.25) is 0 Å². The van der Waals surface area contributed by atoms with E-state index in [1.165, 1.54) is 118 Å². The molecule has 0 saturated carbocycles. The van der Waals surface area contributed by atoms with E-state index in [4.69, 9.17) is 0 Å². The van der Waals surface area contributed by atoms with Gasteiger partial charge in [0.15, 0.2) is 0 Å². The number of rotatable bonds is 11. The Morgan fingerprint density at radius 1 is 0.211 bits per heavy atom. The first kappa shape index (κ1) is 52.3. The molecular formula is C86H56N2S2. The van der Waals surface area contributed by atoms with Crippen molar-refractivity contribution in [1.82, 2.24) is 0 Å². The summed E-state index contributed by atoms with van der Waals surface area (Å²) >= 11 is 3.75. The molecule has 18 rings (SSSR count). The van der Waals surface area contributed by atoms with Gasteiger partial charge in [0.25, 0.3) is 0 Å². The number of anilines is 6. The van der Waals surface area contributed by atoms with Crippen LogP contribution in [0.1, 0.15) is 45.2 Å². The number of hydrogen-bond acceptors (Lipinski definition) is 4. The SMILES string of the molecule is c1ccc(-c2cc(N(c3ccc4c(c3)C(c3ccccc3)c3ccccc3-4)c3cc(-c4ccccc4)c4c(c3)sc3ccccc34)cc(N(c3ccc4c(c3)C(c3ccccc3)c3ccccc3-4)c3cc(-c4ccccc4)c4c(c3)sc3ccccc34)c2)cc1. The van der Waals surface area contributed by atoms with Crippen LogP contribution in [0.2, 0.25) is 0 Å². The molecule has 0 saturated heterocycles. The molecule has 0 fully saturated rings. The van der Waals surface area contributed by atoms with Crippen molar-refractivity contribution in [3.05, 3.63) is 361 Å².